The second kappa shape index (κ2) is 4.04. The first-order valence-corrected chi connectivity index (χ1v) is 7.57. The molecule has 2 aliphatic rings. The summed E-state index contributed by atoms with van der Waals surface area (Å²) in [6.45, 7) is 0. The smallest absolute Gasteiger partial charge is 0.220 e. The number of aryl methyl sites for hydroxylation is 1. The van der Waals surface area contributed by atoms with Gasteiger partial charge in [0.2, 0.25) is 5.95 Å². The van der Waals surface area contributed by atoms with Crippen molar-refractivity contribution >= 4 is 17.0 Å². The lowest BCUT2D eigenvalue weighted by Gasteiger charge is -2.12. The first kappa shape index (κ1) is 12.9. The molecule has 1 spiro atoms. The van der Waals surface area contributed by atoms with Crippen LogP contribution in [0.3, 0.4) is 0 Å². The molecule has 0 unspecified atom stereocenters. The first-order chi connectivity index (χ1) is 11.1. The first-order valence-electron chi connectivity index (χ1n) is 7.57. The van der Waals surface area contributed by atoms with E-state index in [9.17, 15) is 8.78 Å². The van der Waals surface area contributed by atoms with Crippen LogP contribution in [0.2, 0.25) is 0 Å². The average molecular weight is 313 g/mol. The van der Waals surface area contributed by atoms with Gasteiger partial charge in [-0.1, -0.05) is 0 Å². The van der Waals surface area contributed by atoms with Crippen molar-refractivity contribution in [2.45, 2.75) is 31.2 Å². The summed E-state index contributed by atoms with van der Waals surface area (Å²) < 4.78 is 30.7. The molecule has 5 rings (SSSR count). The summed E-state index contributed by atoms with van der Waals surface area (Å²) in [7, 11) is 0. The van der Waals surface area contributed by atoms with Gasteiger partial charge in [-0.15, -0.1) is 0 Å². The highest BCUT2D eigenvalue weighted by molar-refractivity contribution is 5.83. The van der Waals surface area contributed by atoms with Crippen molar-refractivity contribution in [2.24, 2.45) is 0 Å². The van der Waals surface area contributed by atoms with Crippen LogP contribution in [0.5, 0.6) is 0 Å². The molecule has 116 valence electrons. The number of anilines is 1. The van der Waals surface area contributed by atoms with Gasteiger partial charge in [0.1, 0.15) is 17.0 Å². The quantitative estimate of drug-likeness (QED) is 0.750. The summed E-state index contributed by atoms with van der Waals surface area (Å²) in [5.41, 5.74) is 7.05. The molecule has 5 nitrogen and oxygen atoms in total. The summed E-state index contributed by atoms with van der Waals surface area (Å²) >= 11 is 0. The third kappa shape index (κ3) is 1.67. The third-order valence-electron chi connectivity index (χ3n) is 4.93. The fourth-order valence-corrected chi connectivity index (χ4v) is 3.67. The number of nitrogens with two attached hydrogens (primary N) is 1. The van der Waals surface area contributed by atoms with Crippen LogP contribution in [0.1, 0.15) is 25.1 Å². The van der Waals surface area contributed by atoms with E-state index in [0.717, 1.165) is 37.7 Å². The van der Waals surface area contributed by atoms with Crippen molar-refractivity contribution in [1.82, 2.24) is 19.5 Å². The number of hydrogen-bond acceptors (Lipinski definition) is 4. The molecule has 2 aromatic heterocycles. The summed E-state index contributed by atoms with van der Waals surface area (Å²) in [5, 5.41) is 0. The van der Waals surface area contributed by atoms with E-state index in [4.69, 9.17) is 5.73 Å². The minimum Gasteiger partial charge on any atom is -0.368 e. The van der Waals surface area contributed by atoms with Crippen LogP contribution in [-0.4, -0.2) is 19.5 Å². The van der Waals surface area contributed by atoms with Crippen molar-refractivity contribution in [3.8, 4) is 11.3 Å². The van der Waals surface area contributed by atoms with Crippen LogP contribution in [0.4, 0.5) is 14.7 Å². The largest absolute Gasteiger partial charge is 0.368 e. The predicted molar refractivity (Wildman–Crippen MR) is 80.6 cm³/mol. The van der Waals surface area contributed by atoms with Crippen LogP contribution in [0, 0.1) is 11.6 Å². The zero-order chi connectivity index (χ0) is 15.8. The molecule has 3 heterocycles. The molecular weight excluding hydrogens is 300 g/mol. The molecule has 1 aliphatic heterocycles. The van der Waals surface area contributed by atoms with E-state index in [1.54, 1.807) is 6.07 Å². The molecule has 0 radical (unpaired) electrons. The number of imidazole rings is 1. The number of hydrogen-bond donors (Lipinski definition) is 1. The molecular formula is C16H13F2N5. The Balaban J connectivity index is 1.80. The highest BCUT2D eigenvalue weighted by atomic mass is 19.1. The highest BCUT2D eigenvalue weighted by Gasteiger charge is 2.50. The summed E-state index contributed by atoms with van der Waals surface area (Å²) in [5.74, 6) is -0.220. The topological polar surface area (TPSA) is 69.6 Å². The lowest BCUT2D eigenvalue weighted by Crippen LogP contribution is -2.10. The van der Waals surface area contributed by atoms with Crippen molar-refractivity contribution in [2.75, 3.05) is 5.73 Å². The number of fused-ring (bicyclic) bond motifs is 4. The Kier molecular flexibility index (Phi) is 2.27. The van der Waals surface area contributed by atoms with Gasteiger partial charge in [-0.05, 0) is 31.4 Å². The Bertz CT molecular complexity index is 974. The Morgan fingerprint density at radius 2 is 1.91 bits per heavy atom. The van der Waals surface area contributed by atoms with E-state index < -0.39 is 11.6 Å². The predicted octanol–water partition coefficient (Wildman–Crippen LogP) is 2.79. The molecule has 3 aromatic rings. The number of halogens is 2. The van der Waals surface area contributed by atoms with Crippen molar-refractivity contribution < 1.29 is 8.78 Å². The minimum atomic E-state index is -0.625. The number of aromatic nitrogens is 4. The number of nitrogen functional groups attached to an aromatic ring is 1. The summed E-state index contributed by atoms with van der Waals surface area (Å²) in [6.07, 6.45) is 5.09. The highest BCUT2D eigenvalue weighted by Crippen LogP contribution is 2.53. The standard InChI is InChI=1S/C16H13F2N5/c17-9-5-8(13-10(18)7-20-15(19)22-13)6-11-14(9)21-12-1-2-16(3-4-16)23(11)12/h5-7H,1-4H2,(H2,19,20,22). The van der Waals surface area contributed by atoms with Gasteiger partial charge in [0.15, 0.2) is 11.6 Å². The van der Waals surface area contributed by atoms with Crippen LogP contribution < -0.4 is 5.73 Å². The maximum Gasteiger partial charge on any atom is 0.220 e. The molecule has 23 heavy (non-hydrogen) atoms. The van der Waals surface area contributed by atoms with Crippen LogP contribution in [-0.2, 0) is 12.0 Å². The molecule has 1 saturated carbocycles. The molecule has 7 heteroatoms. The Morgan fingerprint density at radius 3 is 2.70 bits per heavy atom. The van der Waals surface area contributed by atoms with E-state index in [1.165, 1.54) is 6.07 Å². The SMILES string of the molecule is Nc1ncc(F)c(-c2cc(F)c3nc4n(c3c2)C2(CC4)CC2)n1. The zero-order valence-corrected chi connectivity index (χ0v) is 12.2. The maximum absolute atomic E-state index is 14.5. The zero-order valence-electron chi connectivity index (χ0n) is 12.2. The Morgan fingerprint density at radius 1 is 1.09 bits per heavy atom. The van der Waals surface area contributed by atoms with Gasteiger partial charge in [0.05, 0.1) is 11.7 Å². The number of benzene rings is 1. The van der Waals surface area contributed by atoms with Crippen LogP contribution in [0.15, 0.2) is 18.3 Å². The lowest BCUT2D eigenvalue weighted by molar-refractivity contribution is 0.524. The average Bonchev–Trinajstić information content (AvgIpc) is 3.07. The fourth-order valence-electron chi connectivity index (χ4n) is 3.67. The third-order valence-corrected chi connectivity index (χ3v) is 4.93. The van der Waals surface area contributed by atoms with Gasteiger partial charge in [-0.25, -0.2) is 23.7 Å². The van der Waals surface area contributed by atoms with Crippen molar-refractivity contribution in [3.63, 3.8) is 0 Å². The molecule has 1 fully saturated rings. The molecule has 0 saturated heterocycles. The van der Waals surface area contributed by atoms with Gasteiger partial charge in [0, 0.05) is 17.5 Å². The monoisotopic (exact) mass is 313 g/mol. The summed E-state index contributed by atoms with van der Waals surface area (Å²) in [4.78, 5) is 12.0. The number of rotatable bonds is 1. The van der Waals surface area contributed by atoms with Gasteiger partial charge in [-0.2, -0.15) is 0 Å². The molecule has 0 bridgehead atoms. The van der Waals surface area contributed by atoms with Crippen LogP contribution in [0.25, 0.3) is 22.3 Å². The van der Waals surface area contributed by atoms with E-state index in [-0.39, 0.29) is 17.2 Å². The van der Waals surface area contributed by atoms with Gasteiger partial charge < -0.3 is 10.3 Å². The van der Waals surface area contributed by atoms with E-state index in [0.29, 0.717) is 16.6 Å². The van der Waals surface area contributed by atoms with E-state index in [2.05, 4.69) is 19.5 Å². The fraction of sp³-hybridized carbons (Fsp3) is 0.312. The minimum absolute atomic E-state index is 0.0108. The number of nitrogens with zero attached hydrogens (tertiary/aromatic N) is 4. The molecule has 2 N–H and O–H groups in total. The van der Waals surface area contributed by atoms with Gasteiger partial charge in [0.25, 0.3) is 0 Å². The molecule has 0 atom stereocenters. The lowest BCUT2D eigenvalue weighted by atomic mass is 10.1. The summed E-state index contributed by atoms with van der Waals surface area (Å²) in [6, 6.07) is 3.01. The van der Waals surface area contributed by atoms with E-state index >= 15 is 0 Å². The molecule has 1 aliphatic carbocycles. The molecule has 0 amide bonds. The van der Waals surface area contributed by atoms with E-state index in [1.807, 2.05) is 0 Å². The maximum atomic E-state index is 14.5. The Labute approximate surface area is 130 Å². The van der Waals surface area contributed by atoms with Crippen molar-refractivity contribution in [3.05, 3.63) is 35.8 Å². The van der Waals surface area contributed by atoms with Gasteiger partial charge >= 0.3 is 0 Å². The molecule has 1 aromatic carbocycles. The van der Waals surface area contributed by atoms with Crippen molar-refractivity contribution in [1.29, 1.82) is 0 Å². The second-order valence-electron chi connectivity index (χ2n) is 6.34. The second-order valence-corrected chi connectivity index (χ2v) is 6.34. The normalized spacial score (nSPS) is 17.8. The van der Waals surface area contributed by atoms with Gasteiger partial charge in [-0.3, -0.25) is 0 Å². The van der Waals surface area contributed by atoms with Crippen LogP contribution >= 0.6 is 0 Å². The Hall–Kier alpha value is -2.57.